The fraction of sp³-hybridized carbons (Fsp3) is 0.471. The molecule has 6 heteroatoms. The minimum atomic E-state index is -0.838. The van der Waals surface area contributed by atoms with Gasteiger partial charge < -0.3 is 14.4 Å². The summed E-state index contributed by atoms with van der Waals surface area (Å²) >= 11 is 0. The van der Waals surface area contributed by atoms with Crippen LogP contribution in [-0.4, -0.2) is 49.4 Å². The number of hydrogen-bond acceptors (Lipinski definition) is 5. The zero-order valence-electron chi connectivity index (χ0n) is 13.4. The van der Waals surface area contributed by atoms with Gasteiger partial charge in [-0.05, 0) is 31.0 Å². The van der Waals surface area contributed by atoms with E-state index in [9.17, 15) is 14.4 Å². The predicted octanol–water partition coefficient (Wildman–Crippen LogP) is 1.22. The van der Waals surface area contributed by atoms with Crippen molar-refractivity contribution in [3.8, 4) is 5.75 Å². The summed E-state index contributed by atoms with van der Waals surface area (Å²) in [5, 5.41) is 0. The number of hydrogen-bond donors (Lipinski definition) is 0. The molecule has 1 atom stereocenters. The molecule has 0 bridgehead atoms. The van der Waals surface area contributed by atoms with Crippen molar-refractivity contribution in [2.45, 2.75) is 19.8 Å². The van der Waals surface area contributed by atoms with Crippen LogP contribution in [0.15, 0.2) is 24.3 Å². The molecule has 1 aromatic rings. The Morgan fingerprint density at radius 1 is 1.26 bits per heavy atom. The van der Waals surface area contributed by atoms with E-state index in [1.165, 1.54) is 12.0 Å². The van der Waals surface area contributed by atoms with Gasteiger partial charge in [-0.25, -0.2) is 0 Å². The van der Waals surface area contributed by atoms with Gasteiger partial charge in [-0.2, -0.15) is 0 Å². The van der Waals surface area contributed by atoms with E-state index >= 15 is 0 Å². The van der Waals surface area contributed by atoms with E-state index in [0.717, 1.165) is 11.3 Å². The van der Waals surface area contributed by atoms with Crippen molar-refractivity contribution < 1.29 is 23.9 Å². The number of likely N-dealkylation sites (tertiary alicyclic amines) is 1. The average Bonchev–Trinajstić information content (AvgIpc) is 2.95. The minimum absolute atomic E-state index is 0.0120. The van der Waals surface area contributed by atoms with E-state index in [1.807, 2.05) is 31.2 Å². The second kappa shape index (κ2) is 7.76. The molecule has 1 amide bonds. The Hall–Kier alpha value is -2.37. The number of aryl methyl sites for hydroxylation is 1. The van der Waals surface area contributed by atoms with Gasteiger partial charge in [-0.3, -0.25) is 14.4 Å². The summed E-state index contributed by atoms with van der Waals surface area (Å²) in [7, 11) is 1.24. The first-order valence-corrected chi connectivity index (χ1v) is 7.65. The number of esters is 1. The zero-order chi connectivity index (χ0) is 16.8. The molecule has 1 aromatic carbocycles. The molecule has 6 nitrogen and oxygen atoms in total. The van der Waals surface area contributed by atoms with E-state index in [0.29, 0.717) is 19.4 Å². The fourth-order valence-corrected chi connectivity index (χ4v) is 2.55. The van der Waals surface area contributed by atoms with Crippen LogP contribution in [-0.2, 0) is 25.5 Å². The number of rotatable bonds is 6. The highest BCUT2D eigenvalue weighted by molar-refractivity contribution is 6.03. The third kappa shape index (κ3) is 4.31. The molecule has 23 heavy (non-hydrogen) atoms. The first kappa shape index (κ1) is 17.0. The van der Waals surface area contributed by atoms with Crippen molar-refractivity contribution in [2.24, 2.45) is 5.92 Å². The van der Waals surface area contributed by atoms with Crippen LogP contribution in [0.25, 0.3) is 0 Å². The van der Waals surface area contributed by atoms with E-state index in [2.05, 4.69) is 4.74 Å². The number of benzene rings is 1. The molecule has 0 saturated carbocycles. The van der Waals surface area contributed by atoms with Crippen LogP contribution in [0.5, 0.6) is 5.75 Å². The zero-order valence-corrected chi connectivity index (χ0v) is 13.4. The first-order valence-electron chi connectivity index (χ1n) is 7.65. The maximum atomic E-state index is 12.2. The molecule has 1 unspecified atom stereocenters. The number of ketones is 1. The SMILES string of the molecule is CCOc1ccc(CCC(=O)N2CC(=O)C(C(=O)OC)C2)cc1. The van der Waals surface area contributed by atoms with Crippen LogP contribution >= 0.6 is 0 Å². The van der Waals surface area contributed by atoms with Crippen molar-refractivity contribution in [1.82, 2.24) is 4.90 Å². The van der Waals surface area contributed by atoms with Crippen molar-refractivity contribution in [3.05, 3.63) is 29.8 Å². The van der Waals surface area contributed by atoms with E-state index in [-0.39, 0.29) is 24.8 Å². The summed E-state index contributed by atoms with van der Waals surface area (Å²) in [6.45, 7) is 2.64. The fourth-order valence-electron chi connectivity index (χ4n) is 2.55. The predicted molar refractivity (Wildman–Crippen MR) is 83.0 cm³/mol. The second-order valence-corrected chi connectivity index (χ2v) is 5.39. The Balaban J connectivity index is 1.85. The molecule has 124 valence electrons. The van der Waals surface area contributed by atoms with Crippen molar-refractivity contribution in [2.75, 3.05) is 26.8 Å². The number of carbonyl (C=O) groups is 3. The van der Waals surface area contributed by atoms with Gasteiger partial charge in [0.2, 0.25) is 5.91 Å². The average molecular weight is 319 g/mol. The van der Waals surface area contributed by atoms with Crippen LogP contribution < -0.4 is 4.74 Å². The quantitative estimate of drug-likeness (QED) is 0.582. The number of nitrogens with zero attached hydrogens (tertiary/aromatic N) is 1. The van der Waals surface area contributed by atoms with Gasteiger partial charge in [0.05, 0.1) is 20.3 Å². The Morgan fingerprint density at radius 2 is 1.96 bits per heavy atom. The molecule has 1 aliphatic heterocycles. The summed E-state index contributed by atoms with van der Waals surface area (Å²) in [6.07, 6.45) is 0.883. The third-order valence-corrected chi connectivity index (χ3v) is 3.84. The Morgan fingerprint density at radius 3 is 2.57 bits per heavy atom. The van der Waals surface area contributed by atoms with Crippen molar-refractivity contribution in [3.63, 3.8) is 0 Å². The van der Waals surface area contributed by atoms with Gasteiger partial charge in [0.1, 0.15) is 11.7 Å². The lowest BCUT2D eigenvalue weighted by Gasteiger charge is -2.15. The van der Waals surface area contributed by atoms with Gasteiger partial charge in [0.25, 0.3) is 0 Å². The molecule has 0 N–H and O–H groups in total. The lowest BCUT2D eigenvalue weighted by atomic mass is 10.1. The number of amides is 1. The molecular formula is C17H21NO5. The molecule has 0 spiro atoms. The number of methoxy groups -OCH3 is 1. The largest absolute Gasteiger partial charge is 0.494 e. The maximum Gasteiger partial charge on any atom is 0.318 e. The highest BCUT2D eigenvalue weighted by atomic mass is 16.5. The van der Waals surface area contributed by atoms with E-state index < -0.39 is 11.9 Å². The lowest BCUT2D eigenvalue weighted by molar-refractivity contribution is -0.147. The van der Waals surface area contributed by atoms with Gasteiger partial charge in [-0.15, -0.1) is 0 Å². The molecular weight excluding hydrogens is 298 g/mol. The molecule has 0 aliphatic carbocycles. The van der Waals surface area contributed by atoms with Crippen LogP contribution in [0, 0.1) is 5.92 Å². The topological polar surface area (TPSA) is 72.9 Å². The Bertz CT molecular complexity index is 581. The number of Topliss-reactive ketones (excluding diaryl/α,β-unsaturated/α-hetero) is 1. The van der Waals surface area contributed by atoms with Crippen LogP contribution in [0.4, 0.5) is 0 Å². The molecule has 1 fully saturated rings. The minimum Gasteiger partial charge on any atom is -0.494 e. The van der Waals surface area contributed by atoms with Crippen molar-refractivity contribution >= 4 is 17.7 Å². The molecule has 1 saturated heterocycles. The smallest absolute Gasteiger partial charge is 0.318 e. The monoisotopic (exact) mass is 319 g/mol. The Labute approximate surface area is 135 Å². The summed E-state index contributed by atoms with van der Waals surface area (Å²) in [5.41, 5.74) is 1.02. The lowest BCUT2D eigenvalue weighted by Crippen LogP contribution is -2.30. The number of ether oxygens (including phenoxy) is 2. The van der Waals surface area contributed by atoms with Gasteiger partial charge in [0.15, 0.2) is 5.78 Å². The van der Waals surface area contributed by atoms with Gasteiger partial charge in [0, 0.05) is 13.0 Å². The molecule has 1 heterocycles. The van der Waals surface area contributed by atoms with Crippen LogP contribution in [0.3, 0.4) is 0 Å². The summed E-state index contributed by atoms with van der Waals surface area (Å²) in [6, 6.07) is 7.58. The normalized spacial score (nSPS) is 17.2. The molecule has 0 aromatic heterocycles. The highest BCUT2D eigenvalue weighted by Gasteiger charge is 2.38. The molecule has 2 rings (SSSR count). The van der Waals surface area contributed by atoms with E-state index in [1.54, 1.807) is 0 Å². The molecule has 1 aliphatic rings. The van der Waals surface area contributed by atoms with Crippen LogP contribution in [0.2, 0.25) is 0 Å². The highest BCUT2D eigenvalue weighted by Crippen LogP contribution is 2.17. The van der Waals surface area contributed by atoms with Gasteiger partial charge >= 0.3 is 5.97 Å². The molecule has 0 radical (unpaired) electrons. The Kier molecular flexibility index (Phi) is 5.73. The summed E-state index contributed by atoms with van der Waals surface area (Å²) in [5.74, 6) is -0.996. The van der Waals surface area contributed by atoms with Crippen molar-refractivity contribution in [1.29, 1.82) is 0 Å². The summed E-state index contributed by atoms with van der Waals surface area (Å²) < 4.78 is 9.95. The van der Waals surface area contributed by atoms with E-state index in [4.69, 9.17) is 4.74 Å². The maximum absolute atomic E-state index is 12.2. The second-order valence-electron chi connectivity index (χ2n) is 5.39. The van der Waals surface area contributed by atoms with Crippen LogP contribution in [0.1, 0.15) is 18.9 Å². The standard InChI is InChI=1S/C17H21NO5/c1-3-23-13-7-4-12(5-8-13)6-9-16(20)18-10-14(15(19)11-18)17(21)22-2/h4-5,7-8,14H,3,6,9-11H2,1-2H3. The third-order valence-electron chi connectivity index (χ3n) is 3.84. The first-order chi connectivity index (χ1) is 11.0. The van der Waals surface area contributed by atoms with Gasteiger partial charge in [-0.1, -0.05) is 12.1 Å². The summed E-state index contributed by atoms with van der Waals surface area (Å²) in [4.78, 5) is 36.8. The number of carbonyl (C=O) groups excluding carboxylic acids is 3.